The molecule has 0 spiro atoms. The number of hydrogen-bond donors (Lipinski definition) is 1. The van der Waals surface area contributed by atoms with Crippen molar-refractivity contribution in [3.05, 3.63) is 40.4 Å². The first kappa shape index (κ1) is 14.2. The van der Waals surface area contributed by atoms with E-state index in [1.807, 2.05) is 6.07 Å². The zero-order valence-corrected chi connectivity index (χ0v) is 13.1. The zero-order chi connectivity index (χ0) is 15.0. The minimum atomic E-state index is -3.66. The molecule has 5 nitrogen and oxygen atoms in total. The summed E-state index contributed by atoms with van der Waals surface area (Å²) < 4.78 is 27.1. The molecular formula is C14H14N2O3S2. The number of Topliss-reactive ketones (excluding diaryl/α,β-unsaturated/α-hetero) is 1. The van der Waals surface area contributed by atoms with E-state index in [-0.39, 0.29) is 21.5 Å². The zero-order valence-electron chi connectivity index (χ0n) is 11.4. The van der Waals surface area contributed by atoms with Crippen LogP contribution in [0.2, 0.25) is 0 Å². The lowest BCUT2D eigenvalue weighted by Gasteiger charge is -2.07. The maximum absolute atomic E-state index is 12.4. The molecule has 1 aromatic heterocycles. The fourth-order valence-electron chi connectivity index (χ4n) is 2.37. The van der Waals surface area contributed by atoms with Crippen LogP contribution in [0, 0.1) is 0 Å². The Morgan fingerprint density at radius 1 is 1.29 bits per heavy atom. The Morgan fingerprint density at radius 2 is 2.05 bits per heavy atom. The maximum Gasteiger partial charge on any atom is 0.263 e. The van der Waals surface area contributed by atoms with Crippen LogP contribution in [0.3, 0.4) is 0 Å². The first-order valence-corrected chi connectivity index (χ1v) is 8.93. The van der Waals surface area contributed by atoms with Crippen molar-refractivity contribution in [2.24, 2.45) is 0 Å². The van der Waals surface area contributed by atoms with Gasteiger partial charge in [0.15, 0.2) is 10.9 Å². The van der Waals surface area contributed by atoms with Crippen LogP contribution in [0.5, 0.6) is 0 Å². The van der Waals surface area contributed by atoms with Crippen LogP contribution >= 0.6 is 11.3 Å². The number of nitrogens with zero attached hydrogens (tertiary/aromatic N) is 1. The van der Waals surface area contributed by atoms with Gasteiger partial charge in [-0.1, -0.05) is 6.07 Å². The van der Waals surface area contributed by atoms with Crippen molar-refractivity contribution in [1.29, 1.82) is 0 Å². The van der Waals surface area contributed by atoms with E-state index in [2.05, 4.69) is 9.71 Å². The molecule has 1 aromatic carbocycles. The van der Waals surface area contributed by atoms with Gasteiger partial charge >= 0.3 is 0 Å². The minimum absolute atomic E-state index is 0.186. The van der Waals surface area contributed by atoms with E-state index in [0.29, 0.717) is 0 Å². The quantitative estimate of drug-likeness (QED) is 0.878. The Kier molecular flexibility index (Phi) is 3.54. The van der Waals surface area contributed by atoms with Crippen LogP contribution in [0.25, 0.3) is 0 Å². The van der Waals surface area contributed by atoms with Crippen LogP contribution in [0.15, 0.2) is 28.5 Å². The molecule has 0 radical (unpaired) electrons. The molecule has 0 aliphatic heterocycles. The summed E-state index contributed by atoms with van der Waals surface area (Å²) in [5, 5.41) is 1.75. The van der Waals surface area contributed by atoms with Crippen molar-refractivity contribution in [3.8, 4) is 0 Å². The van der Waals surface area contributed by atoms with E-state index < -0.39 is 10.0 Å². The molecule has 110 valence electrons. The number of aryl methyl sites for hydroxylation is 2. The monoisotopic (exact) mass is 322 g/mol. The maximum atomic E-state index is 12.4. The molecule has 0 saturated carbocycles. The van der Waals surface area contributed by atoms with E-state index in [9.17, 15) is 13.2 Å². The fraction of sp³-hybridized carbons (Fsp3) is 0.286. The standard InChI is InChI=1S/C14H14N2O3S2/c1-9(17)13-8-20-14(15-13)16-21(18,19)12-6-5-10-3-2-4-11(10)7-12/h5-8H,2-4H2,1H3,(H,15,16). The summed E-state index contributed by atoms with van der Waals surface area (Å²) in [7, 11) is -3.66. The predicted octanol–water partition coefficient (Wildman–Crippen LogP) is 2.64. The number of aromatic nitrogens is 1. The second kappa shape index (κ2) is 5.23. The number of ketones is 1. The van der Waals surface area contributed by atoms with Crippen molar-refractivity contribution < 1.29 is 13.2 Å². The summed E-state index contributed by atoms with van der Waals surface area (Å²) in [6.07, 6.45) is 3.00. The number of rotatable bonds is 4. The van der Waals surface area contributed by atoms with Gasteiger partial charge in [0.2, 0.25) is 0 Å². The van der Waals surface area contributed by atoms with Gasteiger partial charge in [0.05, 0.1) is 4.90 Å². The highest BCUT2D eigenvalue weighted by atomic mass is 32.2. The number of thiazole rings is 1. The second-order valence-corrected chi connectivity index (χ2v) is 7.52. The van der Waals surface area contributed by atoms with Crippen LogP contribution < -0.4 is 4.72 Å². The lowest BCUT2D eigenvalue weighted by Crippen LogP contribution is -2.13. The highest BCUT2D eigenvalue weighted by Gasteiger charge is 2.20. The predicted molar refractivity (Wildman–Crippen MR) is 81.4 cm³/mol. The van der Waals surface area contributed by atoms with Crippen molar-refractivity contribution in [3.63, 3.8) is 0 Å². The number of hydrogen-bond acceptors (Lipinski definition) is 5. The topological polar surface area (TPSA) is 76.1 Å². The highest BCUT2D eigenvalue weighted by Crippen LogP contribution is 2.26. The molecule has 7 heteroatoms. The van der Waals surface area contributed by atoms with Gasteiger partial charge in [-0.2, -0.15) is 0 Å². The number of nitrogens with one attached hydrogen (secondary N) is 1. The molecule has 21 heavy (non-hydrogen) atoms. The summed E-state index contributed by atoms with van der Waals surface area (Å²) in [5.74, 6) is -0.186. The Balaban J connectivity index is 1.88. The van der Waals surface area contributed by atoms with E-state index in [1.165, 1.54) is 12.5 Å². The molecule has 3 rings (SSSR count). The number of sulfonamides is 1. The lowest BCUT2D eigenvalue weighted by molar-refractivity contribution is 0.101. The molecule has 0 amide bonds. The summed E-state index contributed by atoms with van der Waals surface area (Å²) in [5.41, 5.74) is 2.59. The number of benzene rings is 1. The Morgan fingerprint density at radius 3 is 2.76 bits per heavy atom. The summed E-state index contributed by atoms with van der Waals surface area (Å²) in [6, 6.07) is 5.22. The van der Waals surface area contributed by atoms with Crippen LogP contribution in [0.4, 0.5) is 5.13 Å². The summed E-state index contributed by atoms with van der Waals surface area (Å²) >= 11 is 1.10. The minimum Gasteiger partial charge on any atom is -0.293 e. The molecule has 1 N–H and O–H groups in total. The summed E-state index contributed by atoms with van der Waals surface area (Å²) in [6.45, 7) is 1.40. The molecule has 0 unspecified atom stereocenters. The molecule has 1 heterocycles. The lowest BCUT2D eigenvalue weighted by atomic mass is 10.1. The van der Waals surface area contributed by atoms with Crippen LogP contribution in [-0.2, 0) is 22.9 Å². The third-order valence-corrected chi connectivity index (χ3v) is 5.69. The van der Waals surface area contributed by atoms with Gasteiger partial charge in [0.25, 0.3) is 10.0 Å². The Bertz CT molecular complexity index is 809. The largest absolute Gasteiger partial charge is 0.293 e. The molecule has 0 saturated heterocycles. The molecular weight excluding hydrogens is 308 g/mol. The van der Waals surface area contributed by atoms with Crippen molar-refractivity contribution in [2.75, 3.05) is 4.72 Å². The third-order valence-electron chi connectivity index (χ3n) is 3.47. The first-order valence-electron chi connectivity index (χ1n) is 6.57. The molecule has 1 aliphatic rings. The van der Waals surface area contributed by atoms with E-state index in [4.69, 9.17) is 0 Å². The Labute approximate surface area is 127 Å². The van der Waals surface area contributed by atoms with Crippen LogP contribution in [-0.4, -0.2) is 19.2 Å². The van der Waals surface area contributed by atoms with Crippen molar-refractivity contribution >= 4 is 32.3 Å². The van der Waals surface area contributed by atoms with Crippen LogP contribution in [0.1, 0.15) is 35.0 Å². The molecule has 0 fully saturated rings. The van der Waals surface area contributed by atoms with Crippen molar-refractivity contribution in [2.45, 2.75) is 31.1 Å². The van der Waals surface area contributed by atoms with E-state index >= 15 is 0 Å². The van der Waals surface area contributed by atoms with Gasteiger partial charge < -0.3 is 0 Å². The van der Waals surface area contributed by atoms with Gasteiger partial charge in [-0.3, -0.25) is 9.52 Å². The second-order valence-electron chi connectivity index (χ2n) is 4.98. The summed E-state index contributed by atoms with van der Waals surface area (Å²) in [4.78, 5) is 15.4. The SMILES string of the molecule is CC(=O)c1csc(NS(=O)(=O)c2ccc3c(c2)CCC3)n1. The van der Waals surface area contributed by atoms with Gasteiger partial charge in [-0.05, 0) is 42.5 Å². The molecule has 1 aliphatic carbocycles. The molecule has 0 bridgehead atoms. The number of anilines is 1. The number of carbonyl (C=O) groups excluding carboxylic acids is 1. The molecule has 2 aromatic rings. The van der Waals surface area contributed by atoms with Gasteiger partial charge in [-0.15, -0.1) is 11.3 Å². The van der Waals surface area contributed by atoms with E-state index in [0.717, 1.165) is 36.2 Å². The van der Waals surface area contributed by atoms with E-state index in [1.54, 1.807) is 17.5 Å². The average Bonchev–Trinajstić information content (AvgIpc) is 3.05. The third kappa shape index (κ3) is 2.84. The van der Waals surface area contributed by atoms with Crippen molar-refractivity contribution in [1.82, 2.24) is 4.98 Å². The number of carbonyl (C=O) groups is 1. The van der Waals surface area contributed by atoms with Gasteiger partial charge in [-0.25, -0.2) is 13.4 Å². The highest BCUT2D eigenvalue weighted by molar-refractivity contribution is 7.93. The number of fused-ring (bicyclic) bond motifs is 1. The van der Waals surface area contributed by atoms with Gasteiger partial charge in [0.1, 0.15) is 5.69 Å². The van der Waals surface area contributed by atoms with Gasteiger partial charge in [0, 0.05) is 12.3 Å². The fourth-order valence-corrected chi connectivity index (χ4v) is 4.42. The smallest absolute Gasteiger partial charge is 0.263 e. The average molecular weight is 322 g/mol. The molecule has 0 atom stereocenters. The first-order chi connectivity index (χ1) is 9.95. The Hall–Kier alpha value is -1.73. The normalized spacial score (nSPS) is 14.0.